The van der Waals surface area contributed by atoms with Crippen LogP contribution < -0.4 is 0 Å². The van der Waals surface area contributed by atoms with Crippen molar-refractivity contribution in [1.82, 2.24) is 0 Å². The molecule has 0 spiro atoms. The molecule has 83 heavy (non-hydrogen) atoms. The van der Waals surface area contributed by atoms with Crippen LogP contribution in [0.25, 0.3) is 0 Å². The summed E-state index contributed by atoms with van der Waals surface area (Å²) in [6.45, 7) is 6.32. The minimum Gasteiger partial charge on any atom is -0.462 e. The molecule has 6 heteroatoms. The zero-order chi connectivity index (χ0) is 59.9. The van der Waals surface area contributed by atoms with Crippen LogP contribution in [0.3, 0.4) is 0 Å². The summed E-state index contributed by atoms with van der Waals surface area (Å²) in [4.78, 5) is 38.4. The highest BCUT2D eigenvalue weighted by Gasteiger charge is 2.19. The molecular weight excluding hydrogens is 1020 g/mol. The van der Waals surface area contributed by atoms with E-state index in [0.29, 0.717) is 25.7 Å². The van der Waals surface area contributed by atoms with Crippen molar-refractivity contribution in [3.63, 3.8) is 0 Å². The van der Waals surface area contributed by atoms with Crippen molar-refractivity contribution in [2.75, 3.05) is 13.2 Å². The van der Waals surface area contributed by atoms with Gasteiger partial charge in [-0.3, -0.25) is 14.4 Å². The van der Waals surface area contributed by atoms with Crippen LogP contribution in [0.2, 0.25) is 0 Å². The van der Waals surface area contributed by atoms with Gasteiger partial charge >= 0.3 is 17.9 Å². The number of rotatable bonds is 58. The van der Waals surface area contributed by atoms with Gasteiger partial charge in [0.25, 0.3) is 0 Å². The molecule has 0 aromatic heterocycles. The average Bonchev–Trinajstić information content (AvgIpc) is 3.49. The van der Waals surface area contributed by atoms with E-state index in [2.05, 4.69) is 203 Å². The van der Waals surface area contributed by atoms with E-state index in [4.69, 9.17) is 14.2 Å². The van der Waals surface area contributed by atoms with Gasteiger partial charge in [0.05, 0.1) is 0 Å². The third-order valence-corrected chi connectivity index (χ3v) is 13.4. The second kappa shape index (κ2) is 69.0. The first-order chi connectivity index (χ1) is 41.0. The maximum atomic E-state index is 12.9. The van der Waals surface area contributed by atoms with Gasteiger partial charge in [0.1, 0.15) is 13.2 Å². The van der Waals surface area contributed by atoms with E-state index >= 15 is 0 Å². The van der Waals surface area contributed by atoms with E-state index in [1.54, 1.807) is 0 Å². The van der Waals surface area contributed by atoms with Crippen LogP contribution in [0.4, 0.5) is 0 Å². The number of carbonyl (C=O) groups is 3. The highest BCUT2D eigenvalue weighted by Crippen LogP contribution is 2.14. The van der Waals surface area contributed by atoms with Crippen molar-refractivity contribution in [2.24, 2.45) is 0 Å². The number of unbranched alkanes of at least 4 members (excludes halogenated alkanes) is 17. The Morgan fingerprint density at radius 3 is 0.759 bits per heavy atom. The summed E-state index contributed by atoms with van der Waals surface area (Å²) in [5, 5.41) is 0. The van der Waals surface area contributed by atoms with Crippen molar-refractivity contribution in [3.05, 3.63) is 182 Å². The summed E-state index contributed by atoms with van der Waals surface area (Å²) in [6.07, 6.45) is 103. The van der Waals surface area contributed by atoms with Gasteiger partial charge < -0.3 is 14.2 Å². The number of ether oxygens (including phenoxy) is 3. The smallest absolute Gasteiger partial charge is 0.306 e. The first-order valence-corrected chi connectivity index (χ1v) is 33.3. The van der Waals surface area contributed by atoms with Crippen LogP contribution in [-0.2, 0) is 28.6 Å². The Balaban J connectivity index is 4.45. The van der Waals surface area contributed by atoms with Gasteiger partial charge in [-0.25, -0.2) is 0 Å². The molecule has 0 aliphatic rings. The fraction of sp³-hybridized carbons (Fsp3) is 0.571. The maximum absolute atomic E-state index is 12.9. The molecule has 464 valence electrons. The van der Waals surface area contributed by atoms with Gasteiger partial charge in [-0.15, -0.1) is 0 Å². The molecular formula is C77H120O6. The van der Waals surface area contributed by atoms with E-state index in [1.807, 2.05) is 0 Å². The van der Waals surface area contributed by atoms with Crippen LogP contribution in [-0.4, -0.2) is 37.2 Å². The van der Waals surface area contributed by atoms with Crippen molar-refractivity contribution in [2.45, 2.75) is 271 Å². The number of esters is 3. The summed E-state index contributed by atoms with van der Waals surface area (Å²) >= 11 is 0. The van der Waals surface area contributed by atoms with Crippen LogP contribution in [0.5, 0.6) is 0 Å². The Kier molecular flexibility index (Phi) is 64.4. The lowest BCUT2D eigenvalue weighted by atomic mass is 10.1. The molecule has 6 nitrogen and oxygen atoms in total. The first kappa shape index (κ1) is 77.5. The minimum absolute atomic E-state index is 0.113. The number of hydrogen-bond acceptors (Lipinski definition) is 6. The van der Waals surface area contributed by atoms with Crippen molar-refractivity contribution in [3.8, 4) is 0 Å². The normalized spacial score (nSPS) is 13.3. The molecule has 0 bridgehead atoms. The Bertz CT molecular complexity index is 1940. The minimum atomic E-state index is -0.820. The zero-order valence-corrected chi connectivity index (χ0v) is 53.1. The molecule has 0 radical (unpaired) electrons. The number of hydrogen-bond donors (Lipinski definition) is 0. The SMILES string of the molecule is CC/C=C\C/C=C\C/C=C\C/C=C\C/C=C\C/C=C\C/C=C\C/C=C\CCCCCCCCC(=O)OCC(COC(=O)CCCC/C=C\C/C=C\C/C=C\C/C=C\CC)OC(=O)CCCCCCCC/C=C\C/C=C\C/C=C\CCCCC. The highest BCUT2D eigenvalue weighted by molar-refractivity contribution is 5.71. The largest absolute Gasteiger partial charge is 0.462 e. The summed E-state index contributed by atoms with van der Waals surface area (Å²) in [6, 6.07) is 0. The third kappa shape index (κ3) is 67.2. The Morgan fingerprint density at radius 1 is 0.253 bits per heavy atom. The molecule has 0 fully saturated rings. The molecule has 0 amide bonds. The topological polar surface area (TPSA) is 78.9 Å². The number of carbonyl (C=O) groups excluding carboxylic acids is 3. The molecule has 0 heterocycles. The fourth-order valence-electron chi connectivity index (χ4n) is 8.46. The quantitative estimate of drug-likeness (QED) is 0.0261. The van der Waals surface area contributed by atoms with E-state index < -0.39 is 6.10 Å². The number of allylic oxidation sites excluding steroid dienone is 30. The van der Waals surface area contributed by atoms with Gasteiger partial charge in [0.2, 0.25) is 0 Å². The van der Waals surface area contributed by atoms with Crippen LogP contribution in [0.1, 0.15) is 265 Å². The molecule has 0 aromatic rings. The summed E-state index contributed by atoms with van der Waals surface area (Å²) < 4.78 is 16.9. The van der Waals surface area contributed by atoms with Crippen LogP contribution >= 0.6 is 0 Å². The Morgan fingerprint density at radius 2 is 0.470 bits per heavy atom. The molecule has 0 aromatic carbocycles. The first-order valence-electron chi connectivity index (χ1n) is 33.3. The van der Waals surface area contributed by atoms with E-state index in [1.165, 1.54) is 51.4 Å². The van der Waals surface area contributed by atoms with E-state index in [-0.39, 0.29) is 31.1 Å². The summed E-state index contributed by atoms with van der Waals surface area (Å²) in [7, 11) is 0. The second-order valence-corrected chi connectivity index (χ2v) is 21.3. The molecule has 0 saturated carbocycles. The van der Waals surface area contributed by atoms with Crippen molar-refractivity contribution < 1.29 is 28.6 Å². The molecule has 1 unspecified atom stereocenters. The van der Waals surface area contributed by atoms with Crippen LogP contribution in [0.15, 0.2) is 182 Å². The zero-order valence-electron chi connectivity index (χ0n) is 53.1. The molecule has 0 aliphatic heterocycles. The van der Waals surface area contributed by atoms with Crippen LogP contribution in [0, 0.1) is 0 Å². The van der Waals surface area contributed by atoms with Gasteiger partial charge in [-0.2, -0.15) is 0 Å². The lowest BCUT2D eigenvalue weighted by Crippen LogP contribution is -2.30. The van der Waals surface area contributed by atoms with Crippen molar-refractivity contribution >= 4 is 17.9 Å². The van der Waals surface area contributed by atoms with E-state index in [9.17, 15) is 14.4 Å². The lowest BCUT2D eigenvalue weighted by Gasteiger charge is -2.18. The lowest BCUT2D eigenvalue weighted by molar-refractivity contribution is -0.167. The molecule has 0 rings (SSSR count). The summed E-state index contributed by atoms with van der Waals surface area (Å²) in [5.74, 6) is -0.987. The second-order valence-electron chi connectivity index (χ2n) is 21.3. The molecule has 1 atom stereocenters. The summed E-state index contributed by atoms with van der Waals surface area (Å²) in [5.41, 5.74) is 0. The fourth-order valence-corrected chi connectivity index (χ4v) is 8.46. The van der Waals surface area contributed by atoms with Gasteiger partial charge in [0, 0.05) is 19.3 Å². The van der Waals surface area contributed by atoms with Gasteiger partial charge in [-0.05, 0) is 161 Å². The predicted octanol–water partition coefficient (Wildman–Crippen LogP) is 23.2. The standard InChI is InChI=1S/C77H120O6/c1-4-7-10-13-16-19-22-25-28-30-32-33-34-35-36-37-38-39-40-41-42-43-45-46-49-52-55-58-61-64-67-70-76(79)82-73-74(72-81-75(78)69-66-63-60-57-54-51-48-27-24-21-18-15-12-9-6-3)83-77(80)71-68-65-62-59-56-53-50-47-44-31-29-26-23-20-17-14-11-8-5-2/h7,9-10,12,16-21,25-29,32-33,35-36,38-39,41-42,44-48,54,57,74H,4-6,8,11,13-15,22-24,30-31,34,37,40,43,49-53,55-56,58-73H2,1-3H3/b10-7-,12-9-,19-16-,20-17-,21-18-,28-25-,29-26-,33-32-,36-35-,39-38-,42-41-,46-45-,47-44-,48-27-,57-54-. The Hall–Kier alpha value is -5.49. The predicted molar refractivity (Wildman–Crippen MR) is 361 cm³/mol. The maximum Gasteiger partial charge on any atom is 0.306 e. The molecule has 0 aliphatic carbocycles. The van der Waals surface area contributed by atoms with Gasteiger partial charge in [-0.1, -0.05) is 267 Å². The molecule has 0 saturated heterocycles. The highest BCUT2D eigenvalue weighted by atomic mass is 16.6. The van der Waals surface area contributed by atoms with Gasteiger partial charge in [0.15, 0.2) is 6.10 Å². The van der Waals surface area contributed by atoms with E-state index in [0.717, 1.165) is 167 Å². The Labute approximate surface area is 510 Å². The third-order valence-electron chi connectivity index (χ3n) is 13.4. The monoisotopic (exact) mass is 1140 g/mol. The average molecular weight is 1140 g/mol. The van der Waals surface area contributed by atoms with Crippen molar-refractivity contribution in [1.29, 1.82) is 0 Å². The molecule has 0 N–H and O–H groups in total.